The molecule has 1 aromatic carbocycles. The summed E-state index contributed by atoms with van der Waals surface area (Å²) in [7, 11) is 1.35. The molecule has 0 aliphatic carbocycles. The highest BCUT2D eigenvalue weighted by Crippen LogP contribution is 2.01. The molecule has 0 radical (unpaired) electrons. The molecule has 0 aromatic heterocycles. The number of benzene rings is 1. The number of amides is 2. The van der Waals surface area contributed by atoms with Crippen molar-refractivity contribution < 1.29 is 19.5 Å². The minimum Gasteiger partial charge on any atom is -0.480 e. The quantitative estimate of drug-likeness (QED) is 0.610. The van der Waals surface area contributed by atoms with E-state index in [-0.39, 0.29) is 6.54 Å². The van der Waals surface area contributed by atoms with Crippen LogP contribution in [0.25, 0.3) is 0 Å². The Labute approximate surface area is 122 Å². The van der Waals surface area contributed by atoms with Gasteiger partial charge in [-0.2, -0.15) is 0 Å². The lowest BCUT2D eigenvalue weighted by Gasteiger charge is -2.16. The molecule has 0 aliphatic heterocycles. The number of carbonyl (C=O) groups is 3. The van der Waals surface area contributed by atoms with E-state index in [2.05, 4.69) is 5.32 Å². The SMILES string of the molecule is CN(CC(=O)O)C(=O)CNC(=O)[C@@H](N)Cc1ccccc1. The van der Waals surface area contributed by atoms with Gasteiger partial charge < -0.3 is 21.1 Å². The molecule has 7 nitrogen and oxygen atoms in total. The highest BCUT2D eigenvalue weighted by molar-refractivity contribution is 5.88. The molecule has 1 rings (SSSR count). The van der Waals surface area contributed by atoms with E-state index in [9.17, 15) is 14.4 Å². The lowest BCUT2D eigenvalue weighted by Crippen LogP contribution is -2.46. The van der Waals surface area contributed by atoms with Gasteiger partial charge in [0.25, 0.3) is 0 Å². The first-order valence-corrected chi connectivity index (χ1v) is 6.43. The number of hydrogen-bond acceptors (Lipinski definition) is 4. The number of carboxylic acids is 1. The molecule has 4 N–H and O–H groups in total. The Balaban J connectivity index is 2.39. The first-order chi connectivity index (χ1) is 9.90. The standard InChI is InChI=1S/C14H19N3O4/c1-17(9-13(19)20)12(18)8-16-14(21)11(15)7-10-5-3-2-4-6-10/h2-6,11H,7-9,15H2,1H3,(H,16,21)(H,19,20)/t11-/m0/s1. The molecule has 0 unspecified atom stereocenters. The normalized spacial score (nSPS) is 11.5. The Kier molecular flexibility index (Phi) is 6.35. The van der Waals surface area contributed by atoms with E-state index in [1.165, 1.54) is 7.05 Å². The second-order valence-electron chi connectivity index (χ2n) is 4.66. The fourth-order valence-corrected chi connectivity index (χ4v) is 1.68. The van der Waals surface area contributed by atoms with Crippen molar-refractivity contribution >= 4 is 17.8 Å². The van der Waals surface area contributed by atoms with Crippen LogP contribution in [0.1, 0.15) is 5.56 Å². The van der Waals surface area contributed by atoms with Gasteiger partial charge in [-0.3, -0.25) is 14.4 Å². The van der Waals surface area contributed by atoms with Gasteiger partial charge in [0, 0.05) is 7.05 Å². The zero-order valence-electron chi connectivity index (χ0n) is 11.8. The van der Waals surface area contributed by atoms with Crippen LogP contribution in [0.2, 0.25) is 0 Å². The van der Waals surface area contributed by atoms with Crippen molar-refractivity contribution in [1.82, 2.24) is 10.2 Å². The van der Waals surface area contributed by atoms with Gasteiger partial charge in [-0.15, -0.1) is 0 Å². The van der Waals surface area contributed by atoms with E-state index in [1.54, 1.807) is 0 Å². The largest absolute Gasteiger partial charge is 0.480 e. The van der Waals surface area contributed by atoms with Crippen molar-refractivity contribution in [3.63, 3.8) is 0 Å². The average Bonchev–Trinajstić information content (AvgIpc) is 2.44. The Morgan fingerprint density at radius 2 is 1.90 bits per heavy atom. The molecule has 114 valence electrons. The molecule has 1 atom stereocenters. The predicted octanol–water partition coefficient (Wildman–Crippen LogP) is -0.784. The van der Waals surface area contributed by atoms with E-state index in [1.807, 2.05) is 30.3 Å². The topological polar surface area (TPSA) is 113 Å². The molecule has 2 amide bonds. The van der Waals surface area contributed by atoms with Crippen LogP contribution < -0.4 is 11.1 Å². The van der Waals surface area contributed by atoms with Crippen LogP contribution in [0, 0.1) is 0 Å². The van der Waals surface area contributed by atoms with Crippen molar-refractivity contribution in [2.24, 2.45) is 5.73 Å². The van der Waals surface area contributed by atoms with Gasteiger partial charge in [0.15, 0.2) is 0 Å². The Bertz CT molecular complexity index is 504. The van der Waals surface area contributed by atoms with Crippen LogP contribution in [-0.2, 0) is 20.8 Å². The first kappa shape index (κ1) is 16.6. The number of carboxylic acid groups (broad SMARTS) is 1. The zero-order valence-corrected chi connectivity index (χ0v) is 11.8. The fraction of sp³-hybridized carbons (Fsp3) is 0.357. The Morgan fingerprint density at radius 1 is 1.29 bits per heavy atom. The van der Waals surface area contributed by atoms with Gasteiger partial charge in [0.05, 0.1) is 12.6 Å². The van der Waals surface area contributed by atoms with Crippen LogP contribution >= 0.6 is 0 Å². The molecule has 0 fully saturated rings. The van der Waals surface area contributed by atoms with Gasteiger partial charge in [-0.25, -0.2) is 0 Å². The summed E-state index contributed by atoms with van der Waals surface area (Å²) in [6.45, 7) is -0.685. The minimum atomic E-state index is -1.11. The van der Waals surface area contributed by atoms with Gasteiger partial charge in [0.2, 0.25) is 11.8 Å². The van der Waals surface area contributed by atoms with Gasteiger partial charge in [-0.1, -0.05) is 30.3 Å². The zero-order chi connectivity index (χ0) is 15.8. The molecule has 7 heteroatoms. The van der Waals surface area contributed by atoms with Crippen LogP contribution in [0.4, 0.5) is 0 Å². The summed E-state index contributed by atoms with van der Waals surface area (Å²) in [5.74, 6) is -2.05. The third-order valence-electron chi connectivity index (χ3n) is 2.85. The third kappa shape index (κ3) is 6.05. The first-order valence-electron chi connectivity index (χ1n) is 6.43. The predicted molar refractivity (Wildman–Crippen MR) is 76.4 cm³/mol. The lowest BCUT2D eigenvalue weighted by atomic mass is 10.1. The van der Waals surface area contributed by atoms with E-state index < -0.39 is 30.4 Å². The molecular formula is C14H19N3O4. The maximum atomic E-state index is 11.8. The van der Waals surface area contributed by atoms with Gasteiger partial charge in [-0.05, 0) is 12.0 Å². The summed E-state index contributed by atoms with van der Waals surface area (Å²) < 4.78 is 0. The minimum absolute atomic E-state index is 0.273. The summed E-state index contributed by atoms with van der Waals surface area (Å²) in [5, 5.41) is 11.0. The number of aliphatic carboxylic acids is 1. The number of likely N-dealkylation sites (N-methyl/N-ethyl adjacent to an activating group) is 1. The number of nitrogens with one attached hydrogen (secondary N) is 1. The molecule has 0 saturated heterocycles. The Morgan fingerprint density at radius 3 is 2.48 bits per heavy atom. The van der Waals surface area contributed by atoms with Crippen molar-refractivity contribution in [2.45, 2.75) is 12.5 Å². The fourth-order valence-electron chi connectivity index (χ4n) is 1.68. The van der Waals surface area contributed by atoms with Crippen LogP contribution in [0.15, 0.2) is 30.3 Å². The maximum absolute atomic E-state index is 11.8. The summed E-state index contributed by atoms with van der Waals surface area (Å²) in [6.07, 6.45) is 0.367. The molecule has 21 heavy (non-hydrogen) atoms. The second-order valence-corrected chi connectivity index (χ2v) is 4.66. The molecule has 0 saturated carbocycles. The number of hydrogen-bond donors (Lipinski definition) is 3. The number of rotatable bonds is 7. The smallest absolute Gasteiger partial charge is 0.323 e. The lowest BCUT2D eigenvalue weighted by molar-refractivity contribution is -0.143. The van der Waals surface area contributed by atoms with Gasteiger partial charge >= 0.3 is 5.97 Å². The van der Waals surface area contributed by atoms with Crippen LogP contribution in [0.5, 0.6) is 0 Å². The average molecular weight is 293 g/mol. The van der Waals surface area contributed by atoms with Crippen molar-refractivity contribution in [3.8, 4) is 0 Å². The summed E-state index contributed by atoms with van der Waals surface area (Å²) in [4.78, 5) is 34.8. The summed E-state index contributed by atoms with van der Waals surface area (Å²) in [6, 6.07) is 8.53. The highest BCUT2D eigenvalue weighted by atomic mass is 16.4. The van der Waals surface area contributed by atoms with E-state index >= 15 is 0 Å². The number of nitrogens with zero attached hydrogens (tertiary/aromatic N) is 1. The molecule has 1 aromatic rings. The summed E-state index contributed by atoms with van der Waals surface area (Å²) >= 11 is 0. The van der Waals surface area contributed by atoms with E-state index in [0.717, 1.165) is 10.5 Å². The van der Waals surface area contributed by atoms with E-state index in [4.69, 9.17) is 10.8 Å². The maximum Gasteiger partial charge on any atom is 0.323 e. The third-order valence-corrected chi connectivity index (χ3v) is 2.85. The molecular weight excluding hydrogens is 274 g/mol. The van der Waals surface area contributed by atoms with E-state index in [0.29, 0.717) is 6.42 Å². The molecule has 0 spiro atoms. The van der Waals surface area contributed by atoms with Crippen LogP contribution in [0.3, 0.4) is 0 Å². The van der Waals surface area contributed by atoms with Crippen molar-refractivity contribution in [2.75, 3.05) is 20.1 Å². The monoisotopic (exact) mass is 293 g/mol. The van der Waals surface area contributed by atoms with Gasteiger partial charge in [0.1, 0.15) is 6.54 Å². The number of carbonyl (C=O) groups excluding carboxylic acids is 2. The van der Waals surface area contributed by atoms with Crippen LogP contribution in [-0.4, -0.2) is 54.0 Å². The molecule has 0 bridgehead atoms. The summed E-state index contributed by atoms with van der Waals surface area (Å²) in [5.41, 5.74) is 6.69. The molecule has 0 heterocycles. The van der Waals surface area contributed by atoms with Crippen molar-refractivity contribution in [1.29, 1.82) is 0 Å². The number of nitrogens with two attached hydrogens (primary N) is 1. The molecule has 0 aliphatic rings. The highest BCUT2D eigenvalue weighted by Gasteiger charge is 2.17. The van der Waals surface area contributed by atoms with Crippen molar-refractivity contribution in [3.05, 3.63) is 35.9 Å². The second kappa shape index (κ2) is 8.01. The Hall–Kier alpha value is -2.41.